The number of fused-ring (bicyclic) bond motifs is 1. The number of anilines is 1. The standard InChI is InChI=1S/C18H15NO4S/c1-22-13-5-8-15-11(9-13)10-16(23-18(15)21)17(20)19-12-3-6-14(24-2)7-4-12/h3-10H,1-2H3,(H,19,20). The van der Waals surface area contributed by atoms with E-state index in [1.807, 2.05) is 18.4 Å². The first-order chi connectivity index (χ1) is 11.6. The average molecular weight is 341 g/mol. The Labute approximate surface area is 142 Å². The lowest BCUT2D eigenvalue weighted by Crippen LogP contribution is -2.14. The van der Waals surface area contributed by atoms with Gasteiger partial charge in [0.25, 0.3) is 5.91 Å². The van der Waals surface area contributed by atoms with Crippen molar-refractivity contribution in [3.05, 3.63) is 64.7 Å². The molecule has 24 heavy (non-hydrogen) atoms. The minimum atomic E-state index is -0.557. The molecule has 1 aromatic heterocycles. The zero-order chi connectivity index (χ0) is 17.1. The number of amides is 1. The fraction of sp³-hybridized carbons (Fsp3) is 0.111. The molecule has 0 radical (unpaired) electrons. The smallest absolute Gasteiger partial charge is 0.344 e. The highest BCUT2D eigenvalue weighted by atomic mass is 32.2. The maximum Gasteiger partial charge on any atom is 0.344 e. The lowest BCUT2D eigenvalue weighted by Gasteiger charge is -2.06. The van der Waals surface area contributed by atoms with Crippen LogP contribution in [0, 0.1) is 0 Å². The molecular formula is C18H15NO4S. The molecule has 0 unspecified atom stereocenters. The summed E-state index contributed by atoms with van der Waals surface area (Å²) in [5, 5.41) is 3.71. The maximum atomic E-state index is 12.3. The van der Waals surface area contributed by atoms with Gasteiger partial charge in [-0.2, -0.15) is 0 Å². The quantitative estimate of drug-likeness (QED) is 0.732. The molecule has 0 fully saturated rings. The van der Waals surface area contributed by atoms with Gasteiger partial charge in [-0.15, -0.1) is 11.8 Å². The molecule has 0 aliphatic carbocycles. The van der Waals surface area contributed by atoms with Crippen LogP contribution >= 0.6 is 11.8 Å². The van der Waals surface area contributed by atoms with E-state index in [2.05, 4.69) is 5.32 Å². The largest absolute Gasteiger partial charge is 0.497 e. The summed E-state index contributed by atoms with van der Waals surface area (Å²) in [6.07, 6.45) is 1.98. The van der Waals surface area contributed by atoms with Gasteiger partial charge in [0.1, 0.15) is 5.75 Å². The van der Waals surface area contributed by atoms with Crippen LogP contribution in [0.25, 0.3) is 10.8 Å². The molecule has 0 aliphatic heterocycles. The first kappa shape index (κ1) is 16.1. The van der Waals surface area contributed by atoms with Crippen molar-refractivity contribution in [1.82, 2.24) is 0 Å². The van der Waals surface area contributed by atoms with E-state index in [9.17, 15) is 9.59 Å². The molecule has 5 nitrogen and oxygen atoms in total. The van der Waals surface area contributed by atoms with Crippen LogP contribution in [-0.2, 0) is 0 Å². The van der Waals surface area contributed by atoms with Crippen molar-refractivity contribution in [1.29, 1.82) is 0 Å². The predicted octanol–water partition coefficient (Wildman–Crippen LogP) is 3.78. The van der Waals surface area contributed by atoms with Crippen LogP contribution in [0.3, 0.4) is 0 Å². The van der Waals surface area contributed by atoms with Gasteiger partial charge in [0.15, 0.2) is 5.76 Å². The van der Waals surface area contributed by atoms with Gasteiger partial charge in [0.2, 0.25) is 0 Å². The number of thioether (sulfide) groups is 1. The molecule has 3 rings (SSSR count). The molecule has 0 saturated heterocycles. The fourth-order valence-corrected chi connectivity index (χ4v) is 2.69. The zero-order valence-electron chi connectivity index (χ0n) is 13.2. The number of carbonyl (C=O) groups excluding carboxylic acids is 1. The monoisotopic (exact) mass is 341 g/mol. The van der Waals surface area contributed by atoms with Crippen LogP contribution in [0.2, 0.25) is 0 Å². The lowest BCUT2D eigenvalue weighted by molar-refractivity contribution is 0.0993. The Balaban J connectivity index is 1.92. The second-order valence-corrected chi connectivity index (χ2v) is 5.91. The van der Waals surface area contributed by atoms with Gasteiger partial charge < -0.3 is 14.5 Å². The highest BCUT2D eigenvalue weighted by Gasteiger charge is 2.13. The number of benzene rings is 2. The third-order valence-electron chi connectivity index (χ3n) is 3.54. The zero-order valence-corrected chi connectivity index (χ0v) is 14.0. The molecule has 6 heteroatoms. The van der Waals surface area contributed by atoms with Crippen molar-refractivity contribution in [2.45, 2.75) is 4.90 Å². The van der Waals surface area contributed by atoms with Gasteiger partial charge in [-0.25, -0.2) is 4.79 Å². The minimum absolute atomic E-state index is 0.0466. The van der Waals surface area contributed by atoms with E-state index in [1.54, 1.807) is 49.2 Å². The summed E-state index contributed by atoms with van der Waals surface area (Å²) < 4.78 is 10.3. The molecule has 1 N–H and O–H groups in total. The molecule has 0 saturated carbocycles. The van der Waals surface area contributed by atoms with Crippen molar-refractivity contribution in [2.75, 3.05) is 18.7 Å². The molecule has 2 aromatic carbocycles. The Bertz CT molecular complexity index is 947. The Hall–Kier alpha value is -2.73. The van der Waals surface area contributed by atoms with Gasteiger partial charge in [-0.3, -0.25) is 4.79 Å². The molecular weight excluding hydrogens is 326 g/mol. The predicted molar refractivity (Wildman–Crippen MR) is 95.2 cm³/mol. The van der Waals surface area contributed by atoms with E-state index in [-0.39, 0.29) is 5.76 Å². The topological polar surface area (TPSA) is 68.5 Å². The average Bonchev–Trinajstić information content (AvgIpc) is 2.61. The Morgan fingerprint density at radius 1 is 1.12 bits per heavy atom. The molecule has 1 amide bonds. The normalized spacial score (nSPS) is 10.6. The van der Waals surface area contributed by atoms with Crippen LogP contribution < -0.4 is 15.7 Å². The summed E-state index contributed by atoms with van der Waals surface area (Å²) in [4.78, 5) is 25.5. The van der Waals surface area contributed by atoms with E-state index in [0.717, 1.165) is 4.90 Å². The summed E-state index contributed by atoms with van der Waals surface area (Å²) in [6, 6.07) is 13.9. The van der Waals surface area contributed by atoms with Gasteiger partial charge in [0, 0.05) is 10.6 Å². The molecule has 0 bridgehead atoms. The van der Waals surface area contributed by atoms with Gasteiger partial charge in [-0.05, 0) is 60.2 Å². The number of hydrogen-bond acceptors (Lipinski definition) is 5. The van der Waals surface area contributed by atoms with Gasteiger partial charge in [-0.1, -0.05) is 0 Å². The van der Waals surface area contributed by atoms with E-state index in [0.29, 0.717) is 22.2 Å². The number of hydrogen-bond donors (Lipinski definition) is 1. The SMILES string of the molecule is COc1ccc2c(=O)oc(C(=O)Nc3ccc(SC)cc3)cc2c1. The molecule has 1 heterocycles. The van der Waals surface area contributed by atoms with Crippen molar-refractivity contribution < 1.29 is 13.9 Å². The van der Waals surface area contributed by atoms with Crippen molar-refractivity contribution in [2.24, 2.45) is 0 Å². The number of carbonyl (C=O) groups is 1. The van der Waals surface area contributed by atoms with E-state index >= 15 is 0 Å². The number of ether oxygens (including phenoxy) is 1. The van der Waals surface area contributed by atoms with Crippen LogP contribution in [0.5, 0.6) is 5.75 Å². The number of nitrogens with one attached hydrogen (secondary N) is 1. The molecule has 3 aromatic rings. The van der Waals surface area contributed by atoms with E-state index < -0.39 is 11.5 Å². The van der Waals surface area contributed by atoms with Crippen molar-refractivity contribution in [3.63, 3.8) is 0 Å². The van der Waals surface area contributed by atoms with Crippen LogP contribution in [0.15, 0.2) is 62.6 Å². The Kier molecular flexibility index (Phi) is 4.57. The first-order valence-electron chi connectivity index (χ1n) is 7.18. The summed E-state index contributed by atoms with van der Waals surface area (Å²) in [5.74, 6) is 0.0792. The van der Waals surface area contributed by atoms with Gasteiger partial charge >= 0.3 is 5.63 Å². The third kappa shape index (κ3) is 3.28. The second-order valence-electron chi connectivity index (χ2n) is 5.03. The highest BCUT2D eigenvalue weighted by Crippen LogP contribution is 2.21. The minimum Gasteiger partial charge on any atom is -0.497 e. The van der Waals surface area contributed by atoms with Crippen LogP contribution in [-0.4, -0.2) is 19.3 Å². The number of methoxy groups -OCH3 is 1. The molecule has 0 atom stereocenters. The van der Waals surface area contributed by atoms with Crippen molar-refractivity contribution >= 4 is 34.1 Å². The summed E-state index contributed by atoms with van der Waals surface area (Å²) >= 11 is 1.62. The Morgan fingerprint density at radius 2 is 1.88 bits per heavy atom. The maximum absolute atomic E-state index is 12.3. The lowest BCUT2D eigenvalue weighted by atomic mass is 10.1. The fourth-order valence-electron chi connectivity index (χ4n) is 2.28. The number of rotatable bonds is 4. The molecule has 122 valence electrons. The second kappa shape index (κ2) is 6.80. The molecule has 0 spiro atoms. The third-order valence-corrected chi connectivity index (χ3v) is 4.28. The van der Waals surface area contributed by atoms with Crippen molar-refractivity contribution in [3.8, 4) is 5.75 Å². The van der Waals surface area contributed by atoms with Gasteiger partial charge in [0.05, 0.1) is 12.5 Å². The van der Waals surface area contributed by atoms with Crippen LogP contribution in [0.4, 0.5) is 5.69 Å². The molecule has 0 aliphatic rings. The van der Waals surface area contributed by atoms with E-state index in [4.69, 9.17) is 9.15 Å². The van der Waals surface area contributed by atoms with E-state index in [1.165, 1.54) is 6.07 Å². The van der Waals surface area contributed by atoms with Crippen LogP contribution in [0.1, 0.15) is 10.6 Å². The summed E-state index contributed by atoms with van der Waals surface area (Å²) in [6.45, 7) is 0. The summed E-state index contributed by atoms with van der Waals surface area (Å²) in [5.41, 5.74) is 0.0734. The highest BCUT2D eigenvalue weighted by molar-refractivity contribution is 7.98. The first-order valence-corrected chi connectivity index (χ1v) is 8.40. The Morgan fingerprint density at radius 3 is 2.54 bits per heavy atom. The summed E-state index contributed by atoms with van der Waals surface area (Å²) in [7, 11) is 1.54.